The standard InChI is InChI=1S/C47H67NO10Si/c1-10-35-29(5)40(30(6)45(53-35)57-41-27(3)28(4)44(54-36(41)11-2)51-23-24-59(7,8)9)56-47-38(48-43(50)34-22-21-31-17-15-16-20-33(31)25-34)39(49)42-37(55-47)26-52-46(58-42)32-18-13-12-14-19-32/h12-22,25,27-30,35-42,44-47,49H,10-11,23-24,26H2,1-9H3,(H,48,50)/t27?,28?,29-,30?,35?,36?,37?,38?,39?,40?,41-,42+,44+,45?,46?,47-/m0/s1. The molecule has 0 radical (unpaired) electrons. The zero-order chi connectivity index (χ0) is 42.0. The van der Waals surface area contributed by atoms with Crippen LogP contribution in [0.4, 0.5) is 0 Å². The molecule has 4 aliphatic heterocycles. The number of hydrogen-bond donors (Lipinski definition) is 2. The monoisotopic (exact) mass is 833 g/mol. The van der Waals surface area contributed by atoms with Crippen LogP contribution in [0.5, 0.6) is 0 Å². The Morgan fingerprint density at radius 3 is 2.14 bits per heavy atom. The van der Waals surface area contributed by atoms with Gasteiger partial charge in [0.1, 0.15) is 24.4 Å². The Bertz CT molecular complexity index is 1830. The molecule has 4 aliphatic rings. The molecule has 2 N–H and O–H groups in total. The number of fused-ring (bicyclic) bond motifs is 2. The molecule has 59 heavy (non-hydrogen) atoms. The van der Waals surface area contributed by atoms with Gasteiger partial charge in [0, 0.05) is 43.6 Å². The quantitative estimate of drug-likeness (QED) is 0.164. The fourth-order valence-corrected chi connectivity index (χ4v) is 9.86. The van der Waals surface area contributed by atoms with E-state index in [0.717, 1.165) is 35.2 Å². The van der Waals surface area contributed by atoms with E-state index >= 15 is 0 Å². The van der Waals surface area contributed by atoms with Crippen LogP contribution in [0.3, 0.4) is 0 Å². The van der Waals surface area contributed by atoms with E-state index in [1.165, 1.54) is 0 Å². The summed E-state index contributed by atoms with van der Waals surface area (Å²) < 4.78 is 53.0. The second-order valence-electron chi connectivity index (χ2n) is 18.5. The van der Waals surface area contributed by atoms with Gasteiger partial charge in [-0.05, 0) is 47.7 Å². The molecular weight excluding hydrogens is 767 g/mol. The topological polar surface area (TPSA) is 123 Å². The lowest BCUT2D eigenvalue weighted by Crippen LogP contribution is -2.68. The molecule has 4 fully saturated rings. The van der Waals surface area contributed by atoms with Crippen molar-refractivity contribution in [2.75, 3.05) is 13.2 Å². The average molecular weight is 834 g/mol. The lowest BCUT2D eigenvalue weighted by molar-refractivity contribution is -0.369. The fraction of sp³-hybridized carbons (Fsp3) is 0.638. The molecule has 3 aromatic rings. The first-order valence-corrected chi connectivity index (χ1v) is 25.7. The lowest BCUT2D eigenvalue weighted by Gasteiger charge is -2.52. The van der Waals surface area contributed by atoms with Crippen molar-refractivity contribution in [1.29, 1.82) is 0 Å². The fourth-order valence-electron chi connectivity index (χ4n) is 9.13. The maximum Gasteiger partial charge on any atom is 0.251 e. The van der Waals surface area contributed by atoms with E-state index in [-0.39, 0.29) is 60.8 Å². The smallest absolute Gasteiger partial charge is 0.251 e. The Morgan fingerprint density at radius 2 is 1.42 bits per heavy atom. The molecule has 0 aliphatic carbocycles. The number of amides is 1. The maximum absolute atomic E-state index is 14.1. The molecular formula is C47H67NO10Si. The van der Waals surface area contributed by atoms with E-state index in [0.29, 0.717) is 12.2 Å². The summed E-state index contributed by atoms with van der Waals surface area (Å²) in [4.78, 5) is 14.1. The first kappa shape index (κ1) is 44.3. The highest BCUT2D eigenvalue weighted by molar-refractivity contribution is 6.76. The number of hydrogen-bond acceptors (Lipinski definition) is 10. The molecule has 3 aromatic carbocycles. The second kappa shape index (κ2) is 19.1. The predicted octanol–water partition coefficient (Wildman–Crippen LogP) is 8.08. The largest absolute Gasteiger partial charge is 0.388 e. The van der Waals surface area contributed by atoms with Gasteiger partial charge in [-0.25, -0.2) is 0 Å². The van der Waals surface area contributed by atoms with Gasteiger partial charge >= 0.3 is 0 Å². The van der Waals surface area contributed by atoms with E-state index in [1.54, 1.807) is 6.07 Å². The van der Waals surface area contributed by atoms with Crippen molar-refractivity contribution in [3.8, 4) is 0 Å². The van der Waals surface area contributed by atoms with Crippen molar-refractivity contribution >= 4 is 24.8 Å². The summed E-state index contributed by atoms with van der Waals surface area (Å²) in [7, 11) is -1.25. The van der Waals surface area contributed by atoms with Gasteiger partial charge in [0.25, 0.3) is 5.91 Å². The summed E-state index contributed by atoms with van der Waals surface area (Å²) in [5.74, 6) is -0.382. The van der Waals surface area contributed by atoms with Gasteiger partial charge in [-0.3, -0.25) is 4.79 Å². The summed E-state index contributed by atoms with van der Waals surface area (Å²) in [6, 6.07) is 23.2. The first-order valence-electron chi connectivity index (χ1n) is 21.9. The van der Waals surface area contributed by atoms with Crippen LogP contribution >= 0.6 is 0 Å². The van der Waals surface area contributed by atoms with Crippen LogP contribution in [0.2, 0.25) is 25.7 Å². The van der Waals surface area contributed by atoms with Crippen molar-refractivity contribution in [3.63, 3.8) is 0 Å². The highest BCUT2D eigenvalue weighted by atomic mass is 28.3. The van der Waals surface area contributed by atoms with Crippen LogP contribution < -0.4 is 5.32 Å². The van der Waals surface area contributed by atoms with Crippen LogP contribution in [-0.4, -0.2) is 99.9 Å². The number of benzene rings is 3. The molecule has 16 atom stereocenters. The van der Waals surface area contributed by atoms with Crippen LogP contribution in [-0.2, 0) is 37.9 Å². The van der Waals surface area contributed by atoms with E-state index in [4.69, 9.17) is 37.9 Å². The maximum atomic E-state index is 14.1. The minimum atomic E-state index is -1.25. The highest BCUT2D eigenvalue weighted by Gasteiger charge is 2.54. The SMILES string of the molecule is CCC1OC(O[C@@H]2C(CC)O[C@@H](OCC[Si](C)(C)C)C(C)C2C)C(C)C(O[C@@H]2OC3COC(c4ccccc4)O[C@H]3C(O)C2NC(=O)c2ccc3ccccc3c2)[C@H]1C. The molecule has 0 spiro atoms. The zero-order valence-corrected chi connectivity index (χ0v) is 37.3. The molecule has 11 nitrogen and oxygen atoms in total. The summed E-state index contributed by atoms with van der Waals surface area (Å²) >= 11 is 0. The Labute approximate surface area is 351 Å². The van der Waals surface area contributed by atoms with Crippen molar-refractivity contribution in [3.05, 3.63) is 83.9 Å². The third-order valence-electron chi connectivity index (χ3n) is 13.1. The third-order valence-corrected chi connectivity index (χ3v) is 14.8. The van der Waals surface area contributed by atoms with Crippen LogP contribution in [0.15, 0.2) is 72.8 Å². The highest BCUT2D eigenvalue weighted by Crippen LogP contribution is 2.42. The zero-order valence-electron chi connectivity index (χ0n) is 36.3. The van der Waals surface area contributed by atoms with Crippen molar-refractivity contribution < 1.29 is 47.8 Å². The number of carbonyl (C=O) groups is 1. The van der Waals surface area contributed by atoms with E-state index in [1.807, 2.05) is 66.7 Å². The van der Waals surface area contributed by atoms with Gasteiger partial charge in [0.05, 0.1) is 31.0 Å². The van der Waals surface area contributed by atoms with E-state index in [9.17, 15) is 9.90 Å². The molecule has 1 amide bonds. The van der Waals surface area contributed by atoms with Crippen LogP contribution in [0.25, 0.3) is 10.8 Å². The lowest BCUT2D eigenvalue weighted by atomic mass is 9.82. The normalized spacial score (nSPS) is 37.8. The number of aliphatic hydroxyl groups excluding tert-OH is 1. The number of rotatable bonds is 13. The predicted molar refractivity (Wildman–Crippen MR) is 228 cm³/mol. The van der Waals surface area contributed by atoms with Gasteiger partial charge in [-0.1, -0.05) is 122 Å². The Morgan fingerprint density at radius 1 is 0.746 bits per heavy atom. The van der Waals surface area contributed by atoms with E-state index < -0.39 is 57.4 Å². The van der Waals surface area contributed by atoms with Gasteiger partial charge in [0.2, 0.25) is 0 Å². The molecule has 11 unspecified atom stereocenters. The Hall–Kier alpha value is -2.75. The first-order chi connectivity index (χ1) is 28.3. The molecule has 0 aromatic heterocycles. The van der Waals surface area contributed by atoms with Crippen molar-refractivity contribution in [2.45, 2.75) is 154 Å². The molecule has 7 rings (SSSR count). The molecule has 12 heteroatoms. The van der Waals surface area contributed by atoms with Gasteiger partial charge in [-0.15, -0.1) is 0 Å². The third kappa shape index (κ3) is 9.99. The second-order valence-corrected chi connectivity index (χ2v) is 24.1. The molecule has 0 bridgehead atoms. The summed E-state index contributed by atoms with van der Waals surface area (Å²) in [5.41, 5.74) is 1.30. The number of nitrogens with one attached hydrogen (secondary N) is 1. The molecule has 4 saturated heterocycles. The van der Waals surface area contributed by atoms with Gasteiger partial charge in [-0.2, -0.15) is 0 Å². The number of carbonyl (C=O) groups excluding carboxylic acids is 1. The molecule has 0 saturated carbocycles. The Balaban J connectivity index is 1.11. The van der Waals surface area contributed by atoms with Crippen LogP contribution in [0.1, 0.15) is 76.6 Å². The number of ether oxygens (including phenoxy) is 8. The van der Waals surface area contributed by atoms with Crippen molar-refractivity contribution in [1.82, 2.24) is 5.32 Å². The summed E-state index contributed by atoms with van der Waals surface area (Å²) in [5, 5.41) is 17.3. The van der Waals surface area contributed by atoms with Crippen molar-refractivity contribution in [2.24, 2.45) is 23.7 Å². The average Bonchev–Trinajstić information content (AvgIpc) is 3.23. The summed E-state index contributed by atoms with van der Waals surface area (Å²) in [6.07, 6.45) is -4.66. The minimum absolute atomic E-state index is 0.0588. The van der Waals surface area contributed by atoms with E-state index in [2.05, 4.69) is 66.5 Å². The van der Waals surface area contributed by atoms with Gasteiger partial charge < -0.3 is 48.3 Å². The summed E-state index contributed by atoms with van der Waals surface area (Å²) in [6.45, 7) is 20.8. The van der Waals surface area contributed by atoms with Crippen LogP contribution in [0, 0.1) is 23.7 Å². The van der Waals surface area contributed by atoms with Gasteiger partial charge in [0.15, 0.2) is 25.2 Å². The molecule has 4 heterocycles. The Kier molecular flexibility index (Phi) is 14.3. The minimum Gasteiger partial charge on any atom is -0.388 e. The number of aliphatic hydroxyl groups is 1. The molecule has 324 valence electrons.